The van der Waals surface area contributed by atoms with Crippen molar-refractivity contribution in [2.75, 3.05) is 13.6 Å². The fraction of sp³-hybridized carbons (Fsp3) is 0.538. The zero-order valence-corrected chi connectivity index (χ0v) is 9.46. The molecule has 1 nitrogen and oxygen atoms in total. The van der Waals surface area contributed by atoms with Crippen LogP contribution in [0.15, 0.2) is 18.2 Å². The first kappa shape index (κ1) is 10.6. The Morgan fingerprint density at radius 1 is 1.47 bits per heavy atom. The highest BCUT2D eigenvalue weighted by atomic mass is 19.1. The van der Waals surface area contributed by atoms with E-state index in [1.165, 1.54) is 5.56 Å². The normalized spacial score (nSPS) is 20.4. The predicted molar refractivity (Wildman–Crippen MR) is 60.4 cm³/mol. The average molecular weight is 207 g/mol. The van der Waals surface area contributed by atoms with Gasteiger partial charge >= 0.3 is 0 Å². The van der Waals surface area contributed by atoms with Crippen LogP contribution in [0.3, 0.4) is 0 Å². The second-order valence-corrected chi connectivity index (χ2v) is 4.29. The molecule has 1 aliphatic rings. The number of fused-ring (bicyclic) bond motifs is 1. The first-order valence-corrected chi connectivity index (χ1v) is 5.71. The molecule has 15 heavy (non-hydrogen) atoms. The van der Waals surface area contributed by atoms with E-state index in [0.717, 1.165) is 31.4 Å². The zero-order chi connectivity index (χ0) is 10.8. The van der Waals surface area contributed by atoms with E-state index < -0.39 is 0 Å². The van der Waals surface area contributed by atoms with Crippen molar-refractivity contribution in [3.05, 3.63) is 35.1 Å². The largest absolute Gasteiger partial charge is 0.300 e. The van der Waals surface area contributed by atoms with Gasteiger partial charge in [-0.05, 0) is 50.0 Å². The molecule has 1 aliphatic carbocycles. The van der Waals surface area contributed by atoms with Gasteiger partial charge in [-0.25, -0.2) is 4.39 Å². The number of halogens is 1. The lowest BCUT2D eigenvalue weighted by atomic mass is 9.86. The minimum Gasteiger partial charge on any atom is -0.300 e. The van der Waals surface area contributed by atoms with Crippen LogP contribution in [0.5, 0.6) is 0 Å². The van der Waals surface area contributed by atoms with Crippen molar-refractivity contribution in [3.8, 4) is 0 Å². The predicted octanol–water partition coefficient (Wildman–Crippen LogP) is 3.15. The Morgan fingerprint density at radius 2 is 2.27 bits per heavy atom. The van der Waals surface area contributed by atoms with Crippen LogP contribution in [0.4, 0.5) is 4.39 Å². The summed E-state index contributed by atoms with van der Waals surface area (Å²) in [5, 5.41) is 0. The number of nitrogens with zero attached hydrogens (tertiary/aromatic N) is 1. The monoisotopic (exact) mass is 207 g/mol. The van der Waals surface area contributed by atoms with E-state index >= 15 is 0 Å². The smallest absolute Gasteiger partial charge is 0.126 e. The topological polar surface area (TPSA) is 3.24 Å². The van der Waals surface area contributed by atoms with Gasteiger partial charge in [0.15, 0.2) is 0 Å². The van der Waals surface area contributed by atoms with Crippen LogP contribution in [0.25, 0.3) is 0 Å². The number of hydrogen-bond acceptors (Lipinski definition) is 1. The van der Waals surface area contributed by atoms with Gasteiger partial charge in [-0.1, -0.05) is 19.1 Å². The van der Waals surface area contributed by atoms with E-state index in [0.29, 0.717) is 6.04 Å². The van der Waals surface area contributed by atoms with E-state index in [4.69, 9.17) is 0 Å². The lowest BCUT2D eigenvalue weighted by molar-refractivity contribution is 0.231. The van der Waals surface area contributed by atoms with Gasteiger partial charge in [-0.2, -0.15) is 0 Å². The van der Waals surface area contributed by atoms with Crippen LogP contribution in [-0.4, -0.2) is 18.5 Å². The van der Waals surface area contributed by atoms with Crippen LogP contribution in [0.2, 0.25) is 0 Å². The maximum absolute atomic E-state index is 13.6. The van der Waals surface area contributed by atoms with E-state index in [2.05, 4.69) is 24.9 Å². The van der Waals surface area contributed by atoms with Gasteiger partial charge in [0, 0.05) is 6.04 Å². The zero-order valence-electron chi connectivity index (χ0n) is 9.46. The molecule has 1 aromatic rings. The van der Waals surface area contributed by atoms with Crippen molar-refractivity contribution in [1.82, 2.24) is 4.90 Å². The quantitative estimate of drug-likeness (QED) is 0.720. The first-order valence-electron chi connectivity index (χ1n) is 5.71. The molecule has 1 aromatic carbocycles. The van der Waals surface area contributed by atoms with E-state index in [9.17, 15) is 4.39 Å². The first-order chi connectivity index (χ1) is 7.24. The Hall–Kier alpha value is -0.890. The molecule has 0 saturated heterocycles. The number of benzene rings is 1. The molecule has 0 aromatic heterocycles. The molecular formula is C13H18FN. The Bertz CT molecular complexity index is 348. The molecule has 0 radical (unpaired) electrons. The van der Waals surface area contributed by atoms with Crippen LogP contribution in [0, 0.1) is 5.82 Å². The summed E-state index contributed by atoms with van der Waals surface area (Å²) in [5.74, 6) is -0.0262. The minimum absolute atomic E-state index is 0.0262. The van der Waals surface area contributed by atoms with Crippen molar-refractivity contribution in [3.63, 3.8) is 0 Å². The Balaban J connectivity index is 2.38. The molecule has 0 saturated carbocycles. The lowest BCUT2D eigenvalue weighted by Gasteiger charge is -2.32. The maximum Gasteiger partial charge on any atom is 0.126 e. The van der Waals surface area contributed by atoms with Gasteiger partial charge in [-0.3, -0.25) is 4.90 Å². The van der Waals surface area contributed by atoms with Crippen molar-refractivity contribution in [2.24, 2.45) is 0 Å². The van der Waals surface area contributed by atoms with E-state index in [1.54, 1.807) is 6.07 Å². The molecule has 1 atom stereocenters. The van der Waals surface area contributed by atoms with Gasteiger partial charge < -0.3 is 0 Å². The molecule has 0 bridgehead atoms. The Morgan fingerprint density at radius 3 is 3.00 bits per heavy atom. The van der Waals surface area contributed by atoms with Crippen molar-refractivity contribution in [2.45, 2.75) is 32.2 Å². The molecule has 0 aliphatic heterocycles. The van der Waals surface area contributed by atoms with Crippen LogP contribution in [0.1, 0.15) is 36.9 Å². The van der Waals surface area contributed by atoms with Gasteiger partial charge in [0.2, 0.25) is 0 Å². The molecule has 0 N–H and O–H groups in total. The summed E-state index contributed by atoms with van der Waals surface area (Å²) in [6.45, 7) is 3.16. The molecule has 0 unspecified atom stereocenters. The standard InChI is InChI=1S/C13H18FN/c1-3-15(2)13-9-5-6-10-11(13)7-4-8-12(10)14/h4,7-8,13H,3,5-6,9H2,1-2H3/t13-/m0/s1. The summed E-state index contributed by atoms with van der Waals surface area (Å²) < 4.78 is 13.6. The summed E-state index contributed by atoms with van der Waals surface area (Å²) in [4.78, 5) is 2.30. The maximum atomic E-state index is 13.6. The Kier molecular flexibility index (Phi) is 3.06. The number of hydrogen-bond donors (Lipinski definition) is 0. The van der Waals surface area contributed by atoms with Gasteiger partial charge in [0.25, 0.3) is 0 Å². The molecule has 0 fully saturated rings. The second-order valence-electron chi connectivity index (χ2n) is 4.29. The third-order valence-electron chi connectivity index (χ3n) is 3.45. The number of rotatable bonds is 2. The summed E-state index contributed by atoms with van der Waals surface area (Å²) in [7, 11) is 2.12. The highest BCUT2D eigenvalue weighted by Gasteiger charge is 2.24. The average Bonchev–Trinajstić information content (AvgIpc) is 2.28. The summed E-state index contributed by atoms with van der Waals surface area (Å²) in [5.41, 5.74) is 2.14. The van der Waals surface area contributed by atoms with Crippen molar-refractivity contribution < 1.29 is 4.39 Å². The molecule has 2 heteroatoms. The Labute approximate surface area is 90.9 Å². The lowest BCUT2D eigenvalue weighted by Crippen LogP contribution is -2.27. The molecular weight excluding hydrogens is 189 g/mol. The van der Waals surface area contributed by atoms with Gasteiger partial charge in [0.05, 0.1) is 0 Å². The van der Waals surface area contributed by atoms with Crippen molar-refractivity contribution in [1.29, 1.82) is 0 Å². The van der Waals surface area contributed by atoms with E-state index in [-0.39, 0.29) is 5.82 Å². The van der Waals surface area contributed by atoms with Gasteiger partial charge in [-0.15, -0.1) is 0 Å². The summed E-state index contributed by atoms with van der Waals surface area (Å²) in [6, 6.07) is 5.90. The van der Waals surface area contributed by atoms with Crippen LogP contribution in [-0.2, 0) is 6.42 Å². The fourth-order valence-electron chi connectivity index (χ4n) is 2.46. The van der Waals surface area contributed by atoms with Crippen molar-refractivity contribution >= 4 is 0 Å². The third kappa shape index (κ3) is 1.91. The fourth-order valence-corrected chi connectivity index (χ4v) is 2.46. The molecule has 0 spiro atoms. The second kappa shape index (κ2) is 4.31. The molecule has 0 amide bonds. The molecule has 82 valence electrons. The summed E-state index contributed by atoms with van der Waals surface area (Å²) in [6.07, 6.45) is 3.15. The highest BCUT2D eigenvalue weighted by molar-refractivity contribution is 5.33. The summed E-state index contributed by atoms with van der Waals surface area (Å²) >= 11 is 0. The van der Waals surface area contributed by atoms with Crippen LogP contribution < -0.4 is 0 Å². The minimum atomic E-state index is -0.0262. The van der Waals surface area contributed by atoms with Gasteiger partial charge in [0.1, 0.15) is 5.82 Å². The SMILES string of the molecule is CCN(C)[C@H]1CCCc2c(F)cccc21. The molecule has 0 heterocycles. The van der Waals surface area contributed by atoms with E-state index in [1.807, 2.05) is 6.07 Å². The third-order valence-corrected chi connectivity index (χ3v) is 3.45. The highest BCUT2D eigenvalue weighted by Crippen LogP contribution is 2.34. The van der Waals surface area contributed by atoms with Crippen LogP contribution >= 0.6 is 0 Å². The molecule has 2 rings (SSSR count).